The molecule has 1 aromatic carbocycles. The third kappa shape index (κ3) is 6.05. The van der Waals surface area contributed by atoms with Crippen LogP contribution in [0.15, 0.2) is 42.5 Å². The van der Waals surface area contributed by atoms with Crippen LogP contribution in [-0.2, 0) is 4.79 Å². The number of hydrogen-bond donors (Lipinski definition) is 1. The van der Waals surface area contributed by atoms with E-state index in [1.807, 2.05) is 24.3 Å². The Labute approximate surface area is 123 Å². The number of hydrogen-bond acceptors (Lipinski definition) is 1. The molecule has 1 unspecified atom stereocenters. The zero-order chi connectivity index (χ0) is 15.2. The molecule has 0 aromatic heterocycles. The number of allylic oxidation sites excluding steroid dienone is 1. The first-order chi connectivity index (χ1) is 9.29. The van der Waals surface area contributed by atoms with Gasteiger partial charge in [0.05, 0.1) is 0 Å². The van der Waals surface area contributed by atoms with E-state index < -0.39 is 0 Å². The molecule has 1 atom stereocenters. The van der Waals surface area contributed by atoms with Crippen LogP contribution in [0.1, 0.15) is 46.1 Å². The topological polar surface area (TPSA) is 29.1 Å². The molecule has 0 fully saturated rings. The van der Waals surface area contributed by atoms with Gasteiger partial charge in [0.25, 0.3) is 0 Å². The number of amides is 1. The van der Waals surface area contributed by atoms with E-state index in [0.717, 1.165) is 0 Å². The van der Waals surface area contributed by atoms with Gasteiger partial charge in [0.1, 0.15) is 0 Å². The average molecular weight is 273 g/mol. The lowest BCUT2D eigenvalue weighted by atomic mass is 9.88. The van der Waals surface area contributed by atoms with Gasteiger partial charge >= 0.3 is 0 Å². The van der Waals surface area contributed by atoms with Gasteiger partial charge in [0.15, 0.2) is 0 Å². The molecular formula is C18H27NO. The first kappa shape index (κ1) is 16.5. The fraction of sp³-hybridized carbons (Fsp3) is 0.500. The van der Waals surface area contributed by atoms with Crippen molar-refractivity contribution >= 4 is 5.91 Å². The van der Waals surface area contributed by atoms with Gasteiger partial charge in [0, 0.05) is 12.5 Å². The normalized spacial score (nSPS) is 13.7. The van der Waals surface area contributed by atoms with Crippen molar-refractivity contribution < 1.29 is 4.79 Å². The van der Waals surface area contributed by atoms with E-state index in [-0.39, 0.29) is 11.3 Å². The molecule has 0 aliphatic carbocycles. The lowest BCUT2D eigenvalue weighted by molar-refractivity contribution is -0.116. The first-order valence-electron chi connectivity index (χ1n) is 7.31. The van der Waals surface area contributed by atoms with Crippen molar-refractivity contribution in [3.05, 3.63) is 48.0 Å². The molecule has 1 aromatic rings. The molecular weight excluding hydrogens is 246 g/mol. The third-order valence-electron chi connectivity index (χ3n) is 3.26. The summed E-state index contributed by atoms with van der Waals surface area (Å²) in [7, 11) is 0. The van der Waals surface area contributed by atoms with Crippen LogP contribution in [0.4, 0.5) is 0 Å². The summed E-state index contributed by atoms with van der Waals surface area (Å²) in [6.07, 6.45) is 3.58. The quantitative estimate of drug-likeness (QED) is 0.802. The number of nitrogens with one attached hydrogen (secondary N) is 1. The zero-order valence-corrected chi connectivity index (χ0v) is 13.3. The summed E-state index contributed by atoms with van der Waals surface area (Å²) in [5, 5.41) is 3.01. The van der Waals surface area contributed by atoms with Crippen molar-refractivity contribution in [2.45, 2.75) is 40.5 Å². The van der Waals surface area contributed by atoms with E-state index in [1.54, 1.807) is 6.08 Å². The van der Waals surface area contributed by atoms with Gasteiger partial charge in [-0.1, -0.05) is 71.0 Å². The Kier molecular flexibility index (Phi) is 6.00. The summed E-state index contributed by atoms with van der Waals surface area (Å²) in [5.41, 5.74) is 1.32. The molecule has 0 saturated carbocycles. The van der Waals surface area contributed by atoms with Crippen molar-refractivity contribution in [1.82, 2.24) is 5.32 Å². The molecule has 1 rings (SSSR count). The van der Waals surface area contributed by atoms with Crippen LogP contribution in [-0.4, -0.2) is 12.5 Å². The Morgan fingerprint density at radius 3 is 2.30 bits per heavy atom. The van der Waals surface area contributed by atoms with Crippen LogP contribution in [0.2, 0.25) is 0 Å². The zero-order valence-electron chi connectivity index (χ0n) is 13.3. The second kappa shape index (κ2) is 7.28. The Morgan fingerprint density at radius 2 is 1.80 bits per heavy atom. The summed E-state index contributed by atoms with van der Waals surface area (Å²) in [5.74, 6) is 0.828. The predicted molar refractivity (Wildman–Crippen MR) is 85.6 cm³/mol. The Bertz CT molecular complexity index is 440. The SMILES string of the molecule is CC(C)C(CNC(=O)C=CC(C)(C)C)c1ccccc1. The lowest BCUT2D eigenvalue weighted by Gasteiger charge is -2.21. The number of carbonyl (C=O) groups excluding carboxylic acids is 1. The van der Waals surface area contributed by atoms with Gasteiger partial charge in [-0.25, -0.2) is 0 Å². The first-order valence-corrected chi connectivity index (χ1v) is 7.31. The summed E-state index contributed by atoms with van der Waals surface area (Å²) in [6.45, 7) is 11.3. The monoisotopic (exact) mass is 273 g/mol. The van der Waals surface area contributed by atoms with Gasteiger partial charge in [0.2, 0.25) is 5.91 Å². The molecule has 1 N–H and O–H groups in total. The Balaban J connectivity index is 2.61. The molecule has 2 nitrogen and oxygen atoms in total. The predicted octanol–water partition coefficient (Wildman–Crippen LogP) is 4.14. The molecule has 0 saturated heterocycles. The minimum Gasteiger partial charge on any atom is -0.352 e. The lowest BCUT2D eigenvalue weighted by Crippen LogP contribution is -2.29. The average Bonchev–Trinajstić information content (AvgIpc) is 2.36. The van der Waals surface area contributed by atoms with E-state index in [9.17, 15) is 4.79 Å². The second-order valence-electron chi connectivity index (χ2n) is 6.71. The van der Waals surface area contributed by atoms with Crippen molar-refractivity contribution in [2.75, 3.05) is 6.54 Å². The summed E-state index contributed by atoms with van der Waals surface area (Å²) < 4.78 is 0. The highest BCUT2D eigenvalue weighted by Gasteiger charge is 2.16. The maximum absolute atomic E-state index is 11.9. The number of carbonyl (C=O) groups is 1. The number of benzene rings is 1. The van der Waals surface area contributed by atoms with Gasteiger partial charge in [-0.15, -0.1) is 0 Å². The summed E-state index contributed by atoms with van der Waals surface area (Å²) in [4.78, 5) is 11.9. The van der Waals surface area contributed by atoms with Gasteiger partial charge in [-0.2, -0.15) is 0 Å². The maximum atomic E-state index is 11.9. The number of rotatable bonds is 5. The Hall–Kier alpha value is -1.57. The molecule has 0 spiro atoms. The van der Waals surface area contributed by atoms with Crippen molar-refractivity contribution in [1.29, 1.82) is 0 Å². The van der Waals surface area contributed by atoms with Crippen LogP contribution >= 0.6 is 0 Å². The van der Waals surface area contributed by atoms with Gasteiger partial charge in [-0.05, 0) is 23.0 Å². The minimum atomic E-state index is -0.0125. The highest BCUT2D eigenvalue weighted by atomic mass is 16.1. The van der Waals surface area contributed by atoms with E-state index in [1.165, 1.54) is 5.56 Å². The third-order valence-corrected chi connectivity index (χ3v) is 3.26. The highest BCUT2D eigenvalue weighted by Crippen LogP contribution is 2.23. The highest BCUT2D eigenvalue weighted by molar-refractivity contribution is 5.87. The van der Waals surface area contributed by atoms with Gasteiger partial charge in [-0.3, -0.25) is 4.79 Å². The molecule has 0 radical (unpaired) electrons. The smallest absolute Gasteiger partial charge is 0.243 e. The van der Waals surface area contributed by atoms with E-state index in [2.05, 4.69) is 52.1 Å². The van der Waals surface area contributed by atoms with E-state index >= 15 is 0 Å². The minimum absolute atomic E-state index is 0.0125. The van der Waals surface area contributed by atoms with Gasteiger partial charge < -0.3 is 5.32 Å². The molecule has 0 bridgehead atoms. The standard InChI is InChI=1S/C18H27NO/c1-14(2)16(15-9-7-6-8-10-15)13-19-17(20)11-12-18(3,4)5/h6-12,14,16H,13H2,1-5H3,(H,19,20). The van der Waals surface area contributed by atoms with Crippen LogP contribution in [0.25, 0.3) is 0 Å². The van der Waals surface area contributed by atoms with Crippen LogP contribution in [0.5, 0.6) is 0 Å². The van der Waals surface area contributed by atoms with Crippen LogP contribution in [0.3, 0.4) is 0 Å². The van der Waals surface area contributed by atoms with Crippen LogP contribution in [0, 0.1) is 11.3 Å². The summed E-state index contributed by atoms with van der Waals surface area (Å²) >= 11 is 0. The fourth-order valence-electron chi connectivity index (χ4n) is 2.03. The fourth-order valence-corrected chi connectivity index (χ4v) is 2.03. The van der Waals surface area contributed by atoms with Crippen LogP contribution < -0.4 is 5.32 Å². The molecule has 2 heteroatoms. The molecule has 0 heterocycles. The molecule has 1 amide bonds. The largest absolute Gasteiger partial charge is 0.352 e. The molecule has 20 heavy (non-hydrogen) atoms. The summed E-state index contributed by atoms with van der Waals surface area (Å²) in [6, 6.07) is 10.4. The van der Waals surface area contributed by atoms with E-state index in [4.69, 9.17) is 0 Å². The maximum Gasteiger partial charge on any atom is 0.243 e. The van der Waals surface area contributed by atoms with Crippen molar-refractivity contribution in [3.63, 3.8) is 0 Å². The Morgan fingerprint density at radius 1 is 1.20 bits per heavy atom. The van der Waals surface area contributed by atoms with E-state index in [0.29, 0.717) is 18.4 Å². The van der Waals surface area contributed by atoms with Crippen molar-refractivity contribution in [3.8, 4) is 0 Å². The van der Waals surface area contributed by atoms with Crippen molar-refractivity contribution in [2.24, 2.45) is 11.3 Å². The molecule has 0 aliphatic heterocycles. The molecule has 110 valence electrons. The second-order valence-corrected chi connectivity index (χ2v) is 6.71. The molecule has 0 aliphatic rings.